The van der Waals surface area contributed by atoms with Crippen molar-refractivity contribution in [2.75, 3.05) is 13.7 Å². The van der Waals surface area contributed by atoms with Crippen molar-refractivity contribution in [2.45, 2.75) is 57.6 Å². The first-order valence-corrected chi connectivity index (χ1v) is 7.06. The lowest BCUT2D eigenvalue weighted by molar-refractivity contribution is 0.0419. The van der Waals surface area contributed by atoms with Crippen molar-refractivity contribution >= 4 is 0 Å². The number of aromatic amines is 1. The highest BCUT2D eigenvalue weighted by atomic mass is 16.5. The van der Waals surface area contributed by atoms with E-state index in [0.717, 1.165) is 19.4 Å². The van der Waals surface area contributed by atoms with E-state index >= 15 is 0 Å². The van der Waals surface area contributed by atoms with Crippen LogP contribution in [0.2, 0.25) is 0 Å². The lowest BCUT2D eigenvalue weighted by Crippen LogP contribution is -2.43. The number of methoxy groups -OCH3 is 1. The van der Waals surface area contributed by atoms with Crippen LogP contribution < -0.4 is 5.32 Å². The zero-order valence-corrected chi connectivity index (χ0v) is 11.5. The molecule has 2 unspecified atom stereocenters. The van der Waals surface area contributed by atoms with Gasteiger partial charge in [-0.1, -0.05) is 12.8 Å². The Bertz CT molecular complexity index is 351. The lowest BCUT2D eigenvalue weighted by Gasteiger charge is -2.31. The van der Waals surface area contributed by atoms with E-state index in [9.17, 15) is 0 Å². The molecule has 4 heteroatoms. The molecule has 2 atom stereocenters. The van der Waals surface area contributed by atoms with Gasteiger partial charge in [0, 0.05) is 18.8 Å². The Balaban J connectivity index is 1.67. The minimum Gasteiger partial charge on any atom is -0.380 e. The molecule has 1 aliphatic rings. The van der Waals surface area contributed by atoms with Gasteiger partial charge in [-0.15, -0.1) is 0 Å². The fourth-order valence-electron chi connectivity index (χ4n) is 2.81. The van der Waals surface area contributed by atoms with Crippen LogP contribution in [0.4, 0.5) is 0 Å². The third kappa shape index (κ3) is 3.56. The smallest absolute Gasteiger partial charge is 0.0724 e. The topological polar surface area (TPSA) is 49.9 Å². The van der Waals surface area contributed by atoms with Gasteiger partial charge in [0.25, 0.3) is 0 Å². The third-order valence-electron chi connectivity index (χ3n) is 3.97. The van der Waals surface area contributed by atoms with Crippen molar-refractivity contribution in [3.8, 4) is 0 Å². The molecule has 1 heterocycles. The molecule has 4 nitrogen and oxygen atoms in total. The summed E-state index contributed by atoms with van der Waals surface area (Å²) in [4.78, 5) is 0. The molecule has 1 aromatic heterocycles. The van der Waals surface area contributed by atoms with Gasteiger partial charge >= 0.3 is 0 Å². The average molecular weight is 251 g/mol. The Hall–Kier alpha value is -0.870. The van der Waals surface area contributed by atoms with Crippen LogP contribution >= 0.6 is 0 Å². The molecule has 0 aromatic carbocycles. The summed E-state index contributed by atoms with van der Waals surface area (Å²) in [5.74, 6) is 0. The van der Waals surface area contributed by atoms with E-state index in [4.69, 9.17) is 4.74 Å². The van der Waals surface area contributed by atoms with Crippen LogP contribution in [-0.2, 0) is 11.2 Å². The van der Waals surface area contributed by atoms with Crippen molar-refractivity contribution in [1.29, 1.82) is 0 Å². The van der Waals surface area contributed by atoms with Gasteiger partial charge in [-0.05, 0) is 44.7 Å². The van der Waals surface area contributed by atoms with Crippen LogP contribution in [-0.4, -0.2) is 36.0 Å². The van der Waals surface area contributed by atoms with Crippen LogP contribution in [0.15, 0.2) is 6.20 Å². The summed E-state index contributed by atoms with van der Waals surface area (Å²) in [5, 5.41) is 10.7. The molecule has 102 valence electrons. The molecule has 1 aliphatic carbocycles. The number of rotatable bonds is 6. The molecular formula is C14H25N3O. The number of nitrogens with one attached hydrogen (secondary N) is 2. The van der Waals surface area contributed by atoms with Crippen LogP contribution in [0.3, 0.4) is 0 Å². The first-order valence-electron chi connectivity index (χ1n) is 7.06. The van der Waals surface area contributed by atoms with Gasteiger partial charge < -0.3 is 10.1 Å². The minimum absolute atomic E-state index is 0.411. The van der Waals surface area contributed by atoms with Crippen molar-refractivity contribution in [3.63, 3.8) is 0 Å². The standard InChI is InChI=1S/C14H25N3O/c1-11-12(10-16-17-11)6-5-9-15-13-7-3-4-8-14(13)18-2/h10,13-15H,3-9H2,1-2H3,(H,16,17). The Morgan fingerprint density at radius 3 is 3.00 bits per heavy atom. The summed E-state index contributed by atoms with van der Waals surface area (Å²) in [6.07, 6.45) is 9.71. The van der Waals surface area contributed by atoms with E-state index in [2.05, 4.69) is 22.4 Å². The number of ether oxygens (including phenoxy) is 1. The normalized spacial score (nSPS) is 24.3. The highest BCUT2D eigenvalue weighted by molar-refractivity contribution is 5.14. The summed E-state index contributed by atoms with van der Waals surface area (Å²) >= 11 is 0. The van der Waals surface area contributed by atoms with Gasteiger partial charge in [0.2, 0.25) is 0 Å². The summed E-state index contributed by atoms with van der Waals surface area (Å²) in [6, 6.07) is 0.550. The molecule has 0 spiro atoms. The van der Waals surface area contributed by atoms with Gasteiger partial charge in [-0.25, -0.2) is 0 Å². The molecule has 0 saturated heterocycles. The zero-order valence-electron chi connectivity index (χ0n) is 11.5. The predicted molar refractivity (Wildman–Crippen MR) is 72.7 cm³/mol. The van der Waals surface area contributed by atoms with Gasteiger partial charge in [0.05, 0.1) is 12.3 Å². The minimum atomic E-state index is 0.411. The Morgan fingerprint density at radius 1 is 1.44 bits per heavy atom. The zero-order chi connectivity index (χ0) is 12.8. The second kappa shape index (κ2) is 6.90. The molecule has 0 bridgehead atoms. The molecule has 1 aromatic rings. The molecule has 18 heavy (non-hydrogen) atoms. The maximum Gasteiger partial charge on any atom is 0.0724 e. The van der Waals surface area contributed by atoms with Gasteiger partial charge in [-0.3, -0.25) is 5.10 Å². The van der Waals surface area contributed by atoms with Gasteiger partial charge in [-0.2, -0.15) is 5.10 Å². The number of aromatic nitrogens is 2. The highest BCUT2D eigenvalue weighted by Crippen LogP contribution is 2.20. The van der Waals surface area contributed by atoms with Crippen molar-refractivity contribution in [3.05, 3.63) is 17.5 Å². The monoisotopic (exact) mass is 251 g/mol. The number of nitrogens with zero attached hydrogens (tertiary/aromatic N) is 1. The summed E-state index contributed by atoms with van der Waals surface area (Å²) in [5.41, 5.74) is 2.53. The summed E-state index contributed by atoms with van der Waals surface area (Å²) in [6.45, 7) is 3.15. The fourth-order valence-corrected chi connectivity index (χ4v) is 2.81. The van der Waals surface area contributed by atoms with E-state index in [0.29, 0.717) is 12.1 Å². The van der Waals surface area contributed by atoms with Crippen molar-refractivity contribution in [2.24, 2.45) is 0 Å². The molecule has 0 radical (unpaired) electrons. The van der Waals surface area contributed by atoms with E-state index < -0.39 is 0 Å². The van der Waals surface area contributed by atoms with Crippen molar-refractivity contribution in [1.82, 2.24) is 15.5 Å². The Labute approximate surface area is 110 Å². The maximum atomic E-state index is 5.55. The first-order chi connectivity index (χ1) is 8.81. The largest absolute Gasteiger partial charge is 0.380 e. The average Bonchev–Trinajstić information content (AvgIpc) is 2.81. The quantitative estimate of drug-likeness (QED) is 0.762. The van der Waals surface area contributed by atoms with Crippen LogP contribution in [0.1, 0.15) is 43.4 Å². The van der Waals surface area contributed by atoms with E-state index in [-0.39, 0.29) is 0 Å². The molecule has 0 amide bonds. The second-order valence-electron chi connectivity index (χ2n) is 5.24. The van der Waals surface area contributed by atoms with Crippen LogP contribution in [0, 0.1) is 6.92 Å². The van der Waals surface area contributed by atoms with E-state index in [1.165, 1.54) is 36.9 Å². The molecule has 2 rings (SSSR count). The molecular weight excluding hydrogens is 226 g/mol. The molecule has 1 saturated carbocycles. The van der Waals surface area contributed by atoms with E-state index in [1.54, 1.807) is 0 Å². The maximum absolute atomic E-state index is 5.55. The molecule has 2 N–H and O–H groups in total. The lowest BCUT2D eigenvalue weighted by atomic mass is 9.92. The summed E-state index contributed by atoms with van der Waals surface area (Å²) < 4.78 is 5.55. The van der Waals surface area contributed by atoms with Gasteiger partial charge in [0.15, 0.2) is 0 Å². The SMILES string of the molecule is COC1CCCCC1NCCCc1cn[nH]c1C. The Kier molecular flexibility index (Phi) is 5.20. The highest BCUT2D eigenvalue weighted by Gasteiger charge is 2.23. The number of aryl methyl sites for hydroxylation is 2. The number of hydrogen-bond donors (Lipinski definition) is 2. The number of hydrogen-bond acceptors (Lipinski definition) is 3. The van der Waals surface area contributed by atoms with Gasteiger partial charge in [0.1, 0.15) is 0 Å². The first kappa shape index (κ1) is 13.6. The predicted octanol–water partition coefficient (Wildman–Crippen LogP) is 2.20. The molecule has 1 fully saturated rings. The van der Waals surface area contributed by atoms with E-state index in [1.807, 2.05) is 13.3 Å². The fraction of sp³-hybridized carbons (Fsp3) is 0.786. The molecule has 0 aliphatic heterocycles. The van der Waals surface area contributed by atoms with Crippen LogP contribution in [0.5, 0.6) is 0 Å². The summed E-state index contributed by atoms with van der Waals surface area (Å²) in [7, 11) is 1.83. The second-order valence-corrected chi connectivity index (χ2v) is 5.24. The number of H-pyrrole nitrogens is 1. The van der Waals surface area contributed by atoms with Crippen molar-refractivity contribution < 1.29 is 4.74 Å². The third-order valence-corrected chi connectivity index (χ3v) is 3.97. The Morgan fingerprint density at radius 2 is 2.28 bits per heavy atom. The van der Waals surface area contributed by atoms with Crippen LogP contribution in [0.25, 0.3) is 0 Å².